The summed E-state index contributed by atoms with van der Waals surface area (Å²) in [6.07, 6.45) is -0.0238. The first-order valence-electron chi connectivity index (χ1n) is 7.79. The van der Waals surface area contributed by atoms with E-state index in [2.05, 4.69) is 25.4 Å². The molecule has 4 aromatic rings. The van der Waals surface area contributed by atoms with Crippen molar-refractivity contribution in [3.63, 3.8) is 0 Å². The average molecular weight is 353 g/mol. The van der Waals surface area contributed by atoms with Crippen LogP contribution < -0.4 is 4.74 Å². The van der Waals surface area contributed by atoms with Crippen LogP contribution in [0.4, 0.5) is 0 Å². The van der Waals surface area contributed by atoms with Crippen LogP contribution in [0.15, 0.2) is 24.3 Å². The van der Waals surface area contributed by atoms with Crippen molar-refractivity contribution < 1.29 is 14.3 Å². The van der Waals surface area contributed by atoms with Crippen LogP contribution in [0, 0.1) is 6.92 Å². The van der Waals surface area contributed by atoms with Crippen LogP contribution in [0.3, 0.4) is 0 Å². The SMILES string of the molecule is COC(=O)Cc1nn(-c2ccc(OC)cc2)c2c1nnc1nc(C)nn12. The molecule has 132 valence electrons. The van der Waals surface area contributed by atoms with Crippen LogP contribution in [-0.2, 0) is 16.0 Å². The molecule has 0 aliphatic carbocycles. The number of benzene rings is 1. The summed E-state index contributed by atoms with van der Waals surface area (Å²) < 4.78 is 13.2. The van der Waals surface area contributed by atoms with Crippen molar-refractivity contribution in [3.05, 3.63) is 35.8 Å². The molecule has 0 saturated carbocycles. The number of hydrogen-bond donors (Lipinski definition) is 0. The highest BCUT2D eigenvalue weighted by molar-refractivity contribution is 5.82. The van der Waals surface area contributed by atoms with Gasteiger partial charge in [-0.3, -0.25) is 4.79 Å². The van der Waals surface area contributed by atoms with Crippen LogP contribution in [0.1, 0.15) is 11.5 Å². The molecule has 0 aliphatic heterocycles. The number of aryl methyl sites for hydroxylation is 1. The van der Waals surface area contributed by atoms with E-state index < -0.39 is 5.97 Å². The minimum atomic E-state index is -0.414. The van der Waals surface area contributed by atoms with Crippen LogP contribution in [0.5, 0.6) is 5.75 Å². The number of carbonyl (C=O) groups is 1. The first-order chi connectivity index (χ1) is 12.6. The third-order valence-corrected chi connectivity index (χ3v) is 3.90. The third kappa shape index (κ3) is 2.51. The van der Waals surface area contributed by atoms with E-state index >= 15 is 0 Å². The smallest absolute Gasteiger partial charge is 0.311 e. The molecule has 0 radical (unpaired) electrons. The van der Waals surface area contributed by atoms with Crippen molar-refractivity contribution in [2.75, 3.05) is 14.2 Å². The Labute approximate surface area is 147 Å². The van der Waals surface area contributed by atoms with Crippen molar-refractivity contribution in [1.29, 1.82) is 0 Å². The Morgan fingerprint density at radius 2 is 1.88 bits per heavy atom. The molecular weight excluding hydrogens is 338 g/mol. The van der Waals surface area contributed by atoms with E-state index in [0.717, 1.165) is 11.4 Å². The van der Waals surface area contributed by atoms with Gasteiger partial charge in [0.25, 0.3) is 5.78 Å². The zero-order chi connectivity index (χ0) is 18.3. The summed E-state index contributed by atoms with van der Waals surface area (Å²) in [5, 5.41) is 17.2. The summed E-state index contributed by atoms with van der Waals surface area (Å²) in [7, 11) is 2.93. The first-order valence-corrected chi connectivity index (χ1v) is 7.79. The van der Waals surface area contributed by atoms with E-state index in [1.54, 1.807) is 23.2 Å². The maximum atomic E-state index is 11.8. The molecule has 10 heteroatoms. The minimum Gasteiger partial charge on any atom is -0.497 e. The summed E-state index contributed by atoms with van der Waals surface area (Å²) in [6, 6.07) is 7.34. The largest absolute Gasteiger partial charge is 0.497 e. The number of methoxy groups -OCH3 is 2. The summed E-state index contributed by atoms with van der Waals surface area (Å²) in [5.74, 6) is 1.22. The molecule has 3 aromatic heterocycles. The van der Waals surface area contributed by atoms with Gasteiger partial charge < -0.3 is 9.47 Å². The van der Waals surface area contributed by atoms with E-state index in [1.165, 1.54) is 7.11 Å². The predicted octanol–water partition coefficient (Wildman–Crippen LogP) is 0.891. The zero-order valence-corrected chi connectivity index (χ0v) is 14.4. The zero-order valence-electron chi connectivity index (χ0n) is 14.4. The Bertz CT molecular complexity index is 1110. The van der Waals surface area contributed by atoms with Crippen LogP contribution in [0.2, 0.25) is 0 Å². The number of hydrogen-bond acceptors (Lipinski definition) is 8. The Morgan fingerprint density at radius 1 is 1.12 bits per heavy atom. The average Bonchev–Trinajstić information content (AvgIpc) is 3.21. The molecule has 0 atom stereocenters. The standard InChI is InChI=1S/C16H15N7O3/c1-9-17-16-19-18-14-12(8-13(24)26-3)21-22(15(14)23(16)20-9)10-4-6-11(25-2)7-5-10/h4-7H,8H2,1-3H3. The van der Waals surface area contributed by atoms with Crippen molar-refractivity contribution in [3.8, 4) is 11.4 Å². The molecule has 4 rings (SSSR count). The highest BCUT2D eigenvalue weighted by Crippen LogP contribution is 2.22. The maximum Gasteiger partial charge on any atom is 0.311 e. The first kappa shape index (κ1) is 15.9. The molecule has 1 aromatic carbocycles. The minimum absolute atomic E-state index is 0.0238. The van der Waals surface area contributed by atoms with Gasteiger partial charge in [0.2, 0.25) is 0 Å². The van der Waals surface area contributed by atoms with Gasteiger partial charge in [0, 0.05) is 0 Å². The fourth-order valence-corrected chi connectivity index (χ4v) is 2.67. The second-order valence-electron chi connectivity index (χ2n) is 5.55. The Kier molecular flexibility index (Phi) is 3.72. The van der Waals surface area contributed by atoms with E-state index in [9.17, 15) is 4.79 Å². The maximum absolute atomic E-state index is 11.8. The fraction of sp³-hybridized carbons (Fsp3) is 0.250. The van der Waals surface area contributed by atoms with Crippen LogP contribution >= 0.6 is 0 Å². The van der Waals surface area contributed by atoms with Crippen molar-refractivity contribution in [2.24, 2.45) is 0 Å². The Morgan fingerprint density at radius 3 is 2.58 bits per heavy atom. The van der Waals surface area contributed by atoms with Gasteiger partial charge in [0.15, 0.2) is 11.2 Å². The van der Waals surface area contributed by atoms with E-state index in [-0.39, 0.29) is 6.42 Å². The molecule has 0 fully saturated rings. The number of esters is 1. The fourth-order valence-electron chi connectivity index (χ4n) is 2.67. The van der Waals surface area contributed by atoms with Gasteiger partial charge >= 0.3 is 5.97 Å². The van der Waals surface area contributed by atoms with E-state index in [1.807, 2.05) is 24.3 Å². The number of rotatable bonds is 4. The Balaban J connectivity index is 1.99. The summed E-state index contributed by atoms with van der Waals surface area (Å²) in [6.45, 7) is 1.77. The topological polar surface area (TPSA) is 109 Å². The molecule has 10 nitrogen and oxygen atoms in total. The molecule has 0 aliphatic rings. The molecule has 0 N–H and O–H groups in total. The number of ether oxygens (including phenoxy) is 2. The molecule has 3 heterocycles. The lowest BCUT2D eigenvalue weighted by Gasteiger charge is -2.05. The lowest BCUT2D eigenvalue weighted by atomic mass is 10.3. The number of aromatic nitrogens is 7. The van der Waals surface area contributed by atoms with Crippen molar-refractivity contribution >= 4 is 22.9 Å². The molecule has 0 amide bonds. The van der Waals surface area contributed by atoms with Gasteiger partial charge in [0.1, 0.15) is 17.3 Å². The monoisotopic (exact) mass is 353 g/mol. The predicted molar refractivity (Wildman–Crippen MR) is 90.2 cm³/mol. The van der Waals surface area contributed by atoms with Gasteiger partial charge in [0.05, 0.1) is 26.3 Å². The molecule has 0 unspecified atom stereocenters. The van der Waals surface area contributed by atoms with Gasteiger partial charge in [-0.1, -0.05) is 0 Å². The molecular formula is C16H15N7O3. The van der Waals surface area contributed by atoms with Crippen LogP contribution in [0.25, 0.3) is 22.6 Å². The molecule has 0 spiro atoms. The van der Waals surface area contributed by atoms with Gasteiger partial charge in [-0.05, 0) is 31.2 Å². The number of fused-ring (bicyclic) bond motifs is 3. The summed E-state index contributed by atoms with van der Waals surface area (Å²) in [4.78, 5) is 16.0. The van der Waals surface area contributed by atoms with Crippen molar-refractivity contribution in [2.45, 2.75) is 13.3 Å². The highest BCUT2D eigenvalue weighted by Gasteiger charge is 2.21. The van der Waals surface area contributed by atoms with Gasteiger partial charge in [-0.25, -0.2) is 4.68 Å². The lowest BCUT2D eigenvalue weighted by Crippen LogP contribution is -2.06. The summed E-state index contributed by atoms with van der Waals surface area (Å²) >= 11 is 0. The Hall–Kier alpha value is -3.56. The van der Waals surface area contributed by atoms with Crippen LogP contribution in [-0.4, -0.2) is 54.8 Å². The third-order valence-electron chi connectivity index (χ3n) is 3.90. The van der Waals surface area contributed by atoms with E-state index in [4.69, 9.17) is 9.47 Å². The normalized spacial score (nSPS) is 11.2. The number of carbonyl (C=O) groups excluding carboxylic acids is 1. The second-order valence-corrected chi connectivity index (χ2v) is 5.55. The van der Waals surface area contributed by atoms with E-state index in [0.29, 0.717) is 28.5 Å². The molecule has 0 bridgehead atoms. The van der Waals surface area contributed by atoms with Crippen molar-refractivity contribution in [1.82, 2.24) is 34.6 Å². The molecule has 26 heavy (non-hydrogen) atoms. The second kappa shape index (κ2) is 6.06. The quantitative estimate of drug-likeness (QED) is 0.498. The number of nitrogens with zero attached hydrogens (tertiary/aromatic N) is 7. The lowest BCUT2D eigenvalue weighted by molar-refractivity contribution is -0.139. The van der Waals surface area contributed by atoms with Gasteiger partial charge in [-0.15, -0.1) is 15.3 Å². The highest BCUT2D eigenvalue weighted by atomic mass is 16.5. The molecule has 0 saturated heterocycles. The summed E-state index contributed by atoms with van der Waals surface area (Å²) in [5.41, 5.74) is 2.24. The van der Waals surface area contributed by atoms with Gasteiger partial charge in [-0.2, -0.15) is 14.6 Å².